The van der Waals surface area contributed by atoms with Crippen molar-refractivity contribution in [3.63, 3.8) is 0 Å². The lowest BCUT2D eigenvalue weighted by molar-refractivity contribution is -0.384. The van der Waals surface area contributed by atoms with Crippen LogP contribution in [0.15, 0.2) is 6.07 Å². The van der Waals surface area contributed by atoms with Crippen LogP contribution in [0.2, 0.25) is 0 Å². The Bertz CT molecular complexity index is 340. The van der Waals surface area contributed by atoms with Crippen LogP contribution in [0, 0.1) is 22.9 Å². The van der Waals surface area contributed by atoms with Crippen molar-refractivity contribution in [1.82, 2.24) is 4.98 Å². The summed E-state index contributed by atoms with van der Waals surface area (Å²) in [5, 5.41) is 10.2. The average molecular weight is 171 g/mol. The normalized spacial score (nSPS) is 9.83. The first-order valence-electron chi connectivity index (χ1n) is 3.09. The fourth-order valence-corrected chi connectivity index (χ4v) is 0.736. The Balaban J connectivity index is 3.33. The number of anilines is 1. The van der Waals surface area contributed by atoms with E-state index in [1.54, 1.807) is 0 Å². The number of hydrogen-bond donors (Lipinski definition) is 1. The molecule has 0 saturated heterocycles. The van der Waals surface area contributed by atoms with Gasteiger partial charge in [-0.05, 0) is 6.92 Å². The van der Waals surface area contributed by atoms with E-state index in [-0.39, 0.29) is 11.5 Å². The Morgan fingerprint density at radius 3 is 2.83 bits per heavy atom. The summed E-state index contributed by atoms with van der Waals surface area (Å²) in [5.74, 6) is -0.991. The number of hydrogen-bond acceptors (Lipinski definition) is 4. The van der Waals surface area contributed by atoms with Crippen molar-refractivity contribution in [1.29, 1.82) is 0 Å². The molecule has 12 heavy (non-hydrogen) atoms. The maximum Gasteiger partial charge on any atom is 0.314 e. The molecule has 1 heterocycles. The highest BCUT2D eigenvalue weighted by Gasteiger charge is 2.15. The van der Waals surface area contributed by atoms with Gasteiger partial charge in [0.1, 0.15) is 0 Å². The van der Waals surface area contributed by atoms with Gasteiger partial charge in [-0.2, -0.15) is 0 Å². The molecule has 0 aliphatic heterocycles. The third kappa shape index (κ3) is 1.31. The SMILES string of the molecule is Cc1nc(N)c([N+](=O)[O-])cc1F. The molecule has 0 aliphatic carbocycles. The maximum atomic E-state index is 12.7. The van der Waals surface area contributed by atoms with Crippen molar-refractivity contribution in [3.8, 4) is 0 Å². The third-order valence-corrected chi connectivity index (χ3v) is 1.36. The molecule has 0 bridgehead atoms. The van der Waals surface area contributed by atoms with Gasteiger partial charge in [-0.15, -0.1) is 0 Å². The molecule has 1 aromatic heterocycles. The summed E-state index contributed by atoms with van der Waals surface area (Å²) in [6.45, 7) is 1.38. The largest absolute Gasteiger partial charge is 0.378 e. The molecule has 1 rings (SSSR count). The number of nitro groups is 1. The van der Waals surface area contributed by atoms with Crippen LogP contribution < -0.4 is 5.73 Å². The summed E-state index contributed by atoms with van der Waals surface area (Å²) >= 11 is 0. The second-order valence-corrected chi connectivity index (χ2v) is 2.22. The summed E-state index contributed by atoms with van der Waals surface area (Å²) in [7, 11) is 0. The molecule has 0 aliphatic rings. The molecule has 5 nitrogen and oxygen atoms in total. The molecule has 2 N–H and O–H groups in total. The molecule has 0 atom stereocenters. The molecular weight excluding hydrogens is 165 g/mol. The summed E-state index contributed by atoms with van der Waals surface area (Å²) in [5.41, 5.74) is 4.72. The van der Waals surface area contributed by atoms with Crippen LogP contribution in [0.1, 0.15) is 5.69 Å². The van der Waals surface area contributed by atoms with E-state index in [1.807, 2.05) is 0 Å². The fraction of sp³-hybridized carbons (Fsp3) is 0.167. The van der Waals surface area contributed by atoms with E-state index in [9.17, 15) is 14.5 Å². The zero-order valence-electron chi connectivity index (χ0n) is 6.24. The standard InChI is InChI=1S/C6H6FN3O2/c1-3-4(7)2-5(10(11)12)6(8)9-3/h2H,1H3,(H2,8,9). The Labute approximate surface area is 67.2 Å². The summed E-state index contributed by atoms with van der Waals surface area (Å²) in [6.07, 6.45) is 0. The van der Waals surface area contributed by atoms with E-state index in [2.05, 4.69) is 4.98 Å². The minimum absolute atomic E-state index is 0.0538. The zero-order chi connectivity index (χ0) is 9.30. The van der Waals surface area contributed by atoms with Gasteiger partial charge in [-0.1, -0.05) is 0 Å². The van der Waals surface area contributed by atoms with Gasteiger partial charge in [0.25, 0.3) is 0 Å². The van der Waals surface area contributed by atoms with Crippen LogP contribution in [0.5, 0.6) is 0 Å². The predicted molar refractivity (Wildman–Crippen MR) is 40.0 cm³/mol. The van der Waals surface area contributed by atoms with Crippen LogP contribution in [-0.2, 0) is 0 Å². The minimum Gasteiger partial charge on any atom is -0.378 e. The van der Waals surface area contributed by atoms with Crippen LogP contribution >= 0.6 is 0 Å². The third-order valence-electron chi connectivity index (χ3n) is 1.36. The first kappa shape index (κ1) is 8.38. The summed E-state index contributed by atoms with van der Waals surface area (Å²) in [6, 6.07) is 0.762. The van der Waals surface area contributed by atoms with E-state index in [4.69, 9.17) is 5.73 Å². The van der Waals surface area contributed by atoms with Gasteiger partial charge in [0.05, 0.1) is 16.7 Å². The Morgan fingerprint density at radius 1 is 1.75 bits per heavy atom. The molecule has 64 valence electrons. The lowest BCUT2D eigenvalue weighted by Gasteiger charge is -1.98. The van der Waals surface area contributed by atoms with E-state index in [1.165, 1.54) is 6.92 Å². The minimum atomic E-state index is -0.773. The highest BCUT2D eigenvalue weighted by atomic mass is 19.1. The van der Waals surface area contributed by atoms with Gasteiger partial charge >= 0.3 is 5.69 Å². The number of pyridine rings is 1. The van der Waals surface area contributed by atoms with Crippen molar-refractivity contribution < 1.29 is 9.31 Å². The van der Waals surface area contributed by atoms with E-state index >= 15 is 0 Å². The monoisotopic (exact) mass is 171 g/mol. The number of rotatable bonds is 1. The second kappa shape index (κ2) is 2.72. The van der Waals surface area contributed by atoms with Crippen LogP contribution in [0.3, 0.4) is 0 Å². The molecule has 0 amide bonds. The van der Waals surface area contributed by atoms with Crippen molar-refractivity contribution in [2.45, 2.75) is 6.92 Å². The highest BCUT2D eigenvalue weighted by molar-refractivity contribution is 5.52. The van der Waals surface area contributed by atoms with Crippen molar-refractivity contribution >= 4 is 11.5 Å². The Kier molecular flexibility index (Phi) is 1.90. The van der Waals surface area contributed by atoms with E-state index in [0.29, 0.717) is 0 Å². The molecule has 0 fully saturated rings. The molecule has 1 aromatic rings. The molecule has 0 spiro atoms. The maximum absolute atomic E-state index is 12.7. The number of aromatic nitrogens is 1. The predicted octanol–water partition coefficient (Wildman–Crippen LogP) is 1.02. The first-order valence-corrected chi connectivity index (χ1v) is 3.09. The summed E-state index contributed by atoms with van der Waals surface area (Å²) in [4.78, 5) is 12.9. The fourth-order valence-electron chi connectivity index (χ4n) is 0.736. The van der Waals surface area contributed by atoms with Gasteiger partial charge in [-0.3, -0.25) is 10.1 Å². The first-order chi connectivity index (χ1) is 5.52. The van der Waals surface area contributed by atoms with Gasteiger partial charge in [0, 0.05) is 0 Å². The van der Waals surface area contributed by atoms with Crippen LogP contribution in [0.4, 0.5) is 15.9 Å². The van der Waals surface area contributed by atoms with Gasteiger partial charge in [0.15, 0.2) is 5.82 Å². The molecule has 6 heteroatoms. The number of aryl methyl sites for hydroxylation is 1. The molecule has 0 aromatic carbocycles. The topological polar surface area (TPSA) is 82.0 Å². The van der Waals surface area contributed by atoms with E-state index < -0.39 is 16.4 Å². The molecule has 0 unspecified atom stereocenters. The number of nitrogen functional groups attached to an aromatic ring is 1. The Morgan fingerprint density at radius 2 is 2.33 bits per heavy atom. The lowest BCUT2D eigenvalue weighted by Crippen LogP contribution is -2.01. The summed E-state index contributed by atoms with van der Waals surface area (Å²) < 4.78 is 12.7. The van der Waals surface area contributed by atoms with Gasteiger partial charge in [-0.25, -0.2) is 9.37 Å². The number of nitrogens with zero attached hydrogens (tertiary/aromatic N) is 2. The highest BCUT2D eigenvalue weighted by Crippen LogP contribution is 2.20. The number of nitrogens with two attached hydrogens (primary N) is 1. The van der Waals surface area contributed by atoms with Gasteiger partial charge < -0.3 is 5.73 Å². The average Bonchev–Trinajstić information content (AvgIpc) is 1.96. The number of halogens is 1. The van der Waals surface area contributed by atoms with Gasteiger partial charge in [0.2, 0.25) is 5.82 Å². The zero-order valence-corrected chi connectivity index (χ0v) is 6.24. The Hall–Kier alpha value is -1.72. The van der Waals surface area contributed by atoms with Crippen LogP contribution in [-0.4, -0.2) is 9.91 Å². The van der Waals surface area contributed by atoms with Crippen molar-refractivity contribution in [3.05, 3.63) is 27.7 Å². The quantitative estimate of drug-likeness (QED) is 0.505. The van der Waals surface area contributed by atoms with Crippen molar-refractivity contribution in [2.24, 2.45) is 0 Å². The smallest absolute Gasteiger partial charge is 0.314 e. The van der Waals surface area contributed by atoms with Crippen molar-refractivity contribution in [2.75, 3.05) is 5.73 Å². The van der Waals surface area contributed by atoms with Crippen LogP contribution in [0.25, 0.3) is 0 Å². The molecule has 0 saturated carbocycles. The molecular formula is C6H6FN3O2. The second-order valence-electron chi connectivity index (χ2n) is 2.22. The van der Waals surface area contributed by atoms with E-state index in [0.717, 1.165) is 6.07 Å². The molecule has 0 radical (unpaired) electrons. The lowest BCUT2D eigenvalue weighted by atomic mass is 10.3.